The highest BCUT2D eigenvalue weighted by molar-refractivity contribution is 7.91. The van der Waals surface area contributed by atoms with Crippen LogP contribution in [0, 0.1) is 0 Å². The van der Waals surface area contributed by atoms with Crippen molar-refractivity contribution in [3.8, 4) is 0 Å². The van der Waals surface area contributed by atoms with Gasteiger partial charge in [0.1, 0.15) is 5.82 Å². The van der Waals surface area contributed by atoms with Crippen LogP contribution in [0.1, 0.15) is 36.2 Å². The lowest BCUT2D eigenvalue weighted by molar-refractivity contribution is 0.0735. The number of aromatic amines is 1. The Morgan fingerprint density at radius 1 is 1.53 bits per heavy atom. The predicted octanol–water partition coefficient (Wildman–Crippen LogP) is 0.0163. The van der Waals surface area contributed by atoms with Gasteiger partial charge in [-0.25, -0.2) is 13.4 Å². The van der Waals surface area contributed by atoms with E-state index in [4.69, 9.17) is 0 Å². The maximum atomic E-state index is 12.1. The van der Waals surface area contributed by atoms with E-state index in [-0.39, 0.29) is 29.3 Å². The van der Waals surface area contributed by atoms with Crippen molar-refractivity contribution in [2.75, 3.05) is 18.6 Å². The van der Waals surface area contributed by atoms with E-state index in [0.29, 0.717) is 12.2 Å². The van der Waals surface area contributed by atoms with Gasteiger partial charge in [-0.05, 0) is 12.8 Å². The average Bonchev–Trinajstić information content (AvgIpc) is 2.94. The van der Waals surface area contributed by atoms with Crippen molar-refractivity contribution in [2.24, 2.45) is 0 Å². The van der Waals surface area contributed by atoms with Gasteiger partial charge in [0.25, 0.3) is 5.91 Å². The number of aryl methyl sites for hydroxylation is 1. The number of hydrogen-bond acceptors (Lipinski definition) is 5. The topological polar surface area (TPSA) is 96.0 Å². The van der Waals surface area contributed by atoms with Crippen LogP contribution in [0.4, 0.5) is 0 Å². The van der Waals surface area contributed by atoms with Crippen molar-refractivity contribution in [1.29, 1.82) is 0 Å². The van der Waals surface area contributed by atoms with Crippen LogP contribution >= 0.6 is 0 Å². The molecule has 1 saturated heterocycles. The predicted molar refractivity (Wildman–Crippen MR) is 69.5 cm³/mol. The number of H-pyrrole nitrogens is 1. The van der Waals surface area contributed by atoms with Crippen molar-refractivity contribution in [3.05, 3.63) is 11.6 Å². The van der Waals surface area contributed by atoms with E-state index < -0.39 is 9.84 Å². The summed E-state index contributed by atoms with van der Waals surface area (Å²) < 4.78 is 22.8. The lowest BCUT2D eigenvalue weighted by Crippen LogP contribution is -2.38. The number of amides is 1. The zero-order chi connectivity index (χ0) is 14.0. The summed E-state index contributed by atoms with van der Waals surface area (Å²) in [6.45, 7) is 2.01. The monoisotopic (exact) mass is 286 g/mol. The number of rotatable bonds is 4. The van der Waals surface area contributed by atoms with Gasteiger partial charge < -0.3 is 4.90 Å². The first-order chi connectivity index (χ1) is 8.93. The lowest BCUT2D eigenvalue weighted by atomic mass is 10.2. The molecule has 1 aromatic rings. The van der Waals surface area contributed by atoms with Crippen molar-refractivity contribution in [1.82, 2.24) is 20.1 Å². The fourth-order valence-corrected chi connectivity index (χ4v) is 3.92. The summed E-state index contributed by atoms with van der Waals surface area (Å²) in [6.07, 6.45) is 2.14. The highest BCUT2D eigenvalue weighted by Crippen LogP contribution is 2.17. The first-order valence-electron chi connectivity index (χ1n) is 6.32. The number of nitrogens with one attached hydrogen (secondary N) is 1. The highest BCUT2D eigenvalue weighted by Gasteiger charge is 2.34. The molecule has 1 aromatic heterocycles. The number of sulfone groups is 1. The molecule has 2 heterocycles. The Morgan fingerprint density at radius 3 is 2.84 bits per heavy atom. The van der Waals surface area contributed by atoms with Crippen molar-refractivity contribution >= 4 is 15.7 Å². The second-order valence-electron chi connectivity index (χ2n) is 4.83. The SMILES string of the molecule is CCCc1nc(C(=O)N(C)C2CCS(=O)(=O)C2)n[nH]1. The smallest absolute Gasteiger partial charge is 0.293 e. The van der Waals surface area contributed by atoms with Gasteiger partial charge in [0.2, 0.25) is 5.82 Å². The van der Waals surface area contributed by atoms with Gasteiger partial charge >= 0.3 is 0 Å². The summed E-state index contributed by atoms with van der Waals surface area (Å²) in [7, 11) is -1.40. The van der Waals surface area contributed by atoms with E-state index in [9.17, 15) is 13.2 Å². The molecule has 2 rings (SSSR count). The molecule has 0 saturated carbocycles. The molecule has 106 valence electrons. The number of hydrogen-bond donors (Lipinski definition) is 1. The molecule has 1 aliphatic rings. The van der Waals surface area contributed by atoms with Crippen molar-refractivity contribution < 1.29 is 13.2 Å². The van der Waals surface area contributed by atoms with Crippen LogP contribution in [0.3, 0.4) is 0 Å². The number of aromatic nitrogens is 3. The van der Waals surface area contributed by atoms with E-state index >= 15 is 0 Å². The molecule has 19 heavy (non-hydrogen) atoms. The van der Waals surface area contributed by atoms with Gasteiger partial charge in [0.05, 0.1) is 11.5 Å². The van der Waals surface area contributed by atoms with Gasteiger partial charge in [-0.1, -0.05) is 6.92 Å². The van der Waals surface area contributed by atoms with E-state index in [2.05, 4.69) is 15.2 Å². The molecule has 1 fully saturated rings. The van der Waals surface area contributed by atoms with Gasteiger partial charge in [-0.15, -0.1) is 5.10 Å². The third-order valence-corrected chi connectivity index (χ3v) is 5.04. The Kier molecular flexibility index (Phi) is 3.88. The van der Waals surface area contributed by atoms with Crippen LogP contribution < -0.4 is 0 Å². The Bertz CT molecular complexity index is 566. The largest absolute Gasteiger partial charge is 0.335 e. The minimum absolute atomic E-state index is 0.0292. The number of nitrogens with zero attached hydrogens (tertiary/aromatic N) is 3. The molecule has 1 N–H and O–H groups in total. The van der Waals surface area contributed by atoms with Crippen LogP contribution in [0.5, 0.6) is 0 Å². The zero-order valence-corrected chi connectivity index (χ0v) is 11.9. The molecule has 0 bridgehead atoms. The average molecular weight is 286 g/mol. The minimum Gasteiger partial charge on any atom is -0.335 e. The van der Waals surface area contributed by atoms with Crippen LogP contribution in [0.25, 0.3) is 0 Å². The lowest BCUT2D eigenvalue weighted by Gasteiger charge is -2.21. The maximum absolute atomic E-state index is 12.1. The summed E-state index contributed by atoms with van der Waals surface area (Å²) in [5.41, 5.74) is 0. The Labute approximate surface area is 112 Å². The van der Waals surface area contributed by atoms with Crippen LogP contribution in [0.2, 0.25) is 0 Å². The fraction of sp³-hybridized carbons (Fsp3) is 0.727. The quantitative estimate of drug-likeness (QED) is 0.841. The molecular weight excluding hydrogens is 268 g/mol. The summed E-state index contributed by atoms with van der Waals surface area (Å²) in [5, 5.41) is 6.61. The summed E-state index contributed by atoms with van der Waals surface area (Å²) in [4.78, 5) is 17.7. The van der Waals surface area contributed by atoms with Gasteiger partial charge in [-0.2, -0.15) is 0 Å². The van der Waals surface area contributed by atoms with Crippen LogP contribution in [0.15, 0.2) is 0 Å². The second-order valence-corrected chi connectivity index (χ2v) is 7.06. The molecule has 1 aliphatic heterocycles. The second kappa shape index (κ2) is 5.28. The summed E-state index contributed by atoms with van der Waals surface area (Å²) >= 11 is 0. The Balaban J connectivity index is 2.06. The van der Waals surface area contributed by atoms with Crippen molar-refractivity contribution in [2.45, 2.75) is 32.2 Å². The molecule has 8 heteroatoms. The minimum atomic E-state index is -3.00. The Hall–Kier alpha value is -1.44. The van der Waals surface area contributed by atoms with E-state index in [1.54, 1.807) is 7.05 Å². The molecule has 0 aromatic carbocycles. The molecule has 7 nitrogen and oxygen atoms in total. The number of carbonyl (C=O) groups is 1. The molecule has 0 aliphatic carbocycles. The Morgan fingerprint density at radius 2 is 2.26 bits per heavy atom. The van der Waals surface area contributed by atoms with Gasteiger partial charge in [-0.3, -0.25) is 9.89 Å². The summed E-state index contributed by atoms with van der Waals surface area (Å²) in [6, 6.07) is -0.273. The molecule has 1 atom stereocenters. The van der Waals surface area contributed by atoms with E-state index in [0.717, 1.165) is 12.8 Å². The van der Waals surface area contributed by atoms with Crippen LogP contribution in [-0.2, 0) is 16.3 Å². The zero-order valence-electron chi connectivity index (χ0n) is 11.1. The normalized spacial score (nSPS) is 21.5. The fourth-order valence-electron chi connectivity index (χ4n) is 2.14. The van der Waals surface area contributed by atoms with Gasteiger partial charge in [0.15, 0.2) is 9.84 Å². The molecule has 1 amide bonds. The third-order valence-electron chi connectivity index (χ3n) is 3.29. The standard InChI is InChI=1S/C11H18N4O3S/c1-3-4-9-12-10(14-13-9)11(16)15(2)8-5-6-19(17,18)7-8/h8H,3-7H2,1-2H3,(H,12,13,14). The molecule has 0 spiro atoms. The first-order valence-corrected chi connectivity index (χ1v) is 8.14. The molecule has 0 radical (unpaired) electrons. The maximum Gasteiger partial charge on any atom is 0.293 e. The summed E-state index contributed by atoms with van der Waals surface area (Å²) in [5.74, 6) is 0.625. The molecule has 1 unspecified atom stereocenters. The van der Waals surface area contributed by atoms with Gasteiger partial charge in [0, 0.05) is 19.5 Å². The van der Waals surface area contributed by atoms with E-state index in [1.807, 2.05) is 6.92 Å². The van der Waals surface area contributed by atoms with Crippen LogP contribution in [-0.4, -0.2) is 59.0 Å². The van der Waals surface area contributed by atoms with Crippen molar-refractivity contribution in [3.63, 3.8) is 0 Å². The van der Waals surface area contributed by atoms with E-state index in [1.165, 1.54) is 4.90 Å². The molecular formula is C11H18N4O3S. The first kappa shape index (κ1) is 14.0. The number of carbonyl (C=O) groups excluding carboxylic acids is 1. The highest BCUT2D eigenvalue weighted by atomic mass is 32.2. The third kappa shape index (κ3) is 3.12.